The SMILES string of the molecule is O=C(c1csc2nc(-c3ccc(C(F)(F)F)cc3)cn12)N1CCN2CCC[C@H]2C1. The topological polar surface area (TPSA) is 40.9 Å². The number of hydrogen-bond donors (Lipinski definition) is 0. The third-order valence-corrected chi connectivity index (χ3v) is 6.65. The first-order valence-corrected chi connectivity index (χ1v) is 10.5. The second-order valence-electron chi connectivity index (χ2n) is 7.56. The fourth-order valence-corrected chi connectivity index (χ4v) is 5.09. The van der Waals surface area contributed by atoms with Crippen molar-refractivity contribution in [3.05, 3.63) is 47.1 Å². The molecule has 0 aliphatic carbocycles. The van der Waals surface area contributed by atoms with Gasteiger partial charge in [-0.05, 0) is 31.5 Å². The van der Waals surface area contributed by atoms with E-state index in [1.165, 1.54) is 29.9 Å². The minimum atomic E-state index is -4.37. The van der Waals surface area contributed by atoms with Gasteiger partial charge in [0.15, 0.2) is 4.96 Å². The Morgan fingerprint density at radius 1 is 1.14 bits per heavy atom. The van der Waals surface area contributed by atoms with Crippen LogP contribution in [0.1, 0.15) is 28.9 Å². The first-order chi connectivity index (χ1) is 13.9. The first kappa shape index (κ1) is 18.6. The Morgan fingerprint density at radius 3 is 2.69 bits per heavy atom. The number of nitrogens with zero attached hydrogens (tertiary/aromatic N) is 4. The number of benzene rings is 1. The van der Waals surface area contributed by atoms with Crippen molar-refractivity contribution >= 4 is 22.2 Å². The number of fused-ring (bicyclic) bond motifs is 2. The molecule has 0 spiro atoms. The van der Waals surface area contributed by atoms with Crippen LogP contribution in [-0.4, -0.2) is 57.3 Å². The molecular weight excluding hydrogens is 401 g/mol. The zero-order valence-corrected chi connectivity index (χ0v) is 16.3. The summed E-state index contributed by atoms with van der Waals surface area (Å²) in [5, 5.41) is 1.81. The van der Waals surface area contributed by atoms with Crippen LogP contribution in [0.5, 0.6) is 0 Å². The van der Waals surface area contributed by atoms with Crippen LogP contribution in [0.4, 0.5) is 13.2 Å². The molecule has 2 saturated heterocycles. The molecule has 29 heavy (non-hydrogen) atoms. The minimum absolute atomic E-state index is 0.0147. The van der Waals surface area contributed by atoms with Crippen LogP contribution in [-0.2, 0) is 6.18 Å². The van der Waals surface area contributed by atoms with Gasteiger partial charge in [-0.2, -0.15) is 13.2 Å². The predicted octanol–water partition coefficient (Wildman–Crippen LogP) is 4.00. The van der Waals surface area contributed by atoms with E-state index in [9.17, 15) is 18.0 Å². The highest BCUT2D eigenvalue weighted by Gasteiger charge is 2.34. The molecule has 4 heterocycles. The summed E-state index contributed by atoms with van der Waals surface area (Å²) in [4.78, 5) is 22.6. The number of aromatic nitrogens is 2. The van der Waals surface area contributed by atoms with Crippen LogP contribution in [0, 0.1) is 0 Å². The largest absolute Gasteiger partial charge is 0.416 e. The number of piperazine rings is 1. The molecule has 2 aromatic heterocycles. The van der Waals surface area contributed by atoms with Gasteiger partial charge in [-0.25, -0.2) is 4.98 Å². The van der Waals surface area contributed by atoms with Gasteiger partial charge in [0.05, 0.1) is 11.3 Å². The minimum Gasteiger partial charge on any atom is -0.334 e. The molecule has 1 atom stereocenters. The van der Waals surface area contributed by atoms with Crippen LogP contribution < -0.4 is 0 Å². The molecule has 1 aromatic carbocycles. The van der Waals surface area contributed by atoms with E-state index in [0.717, 1.165) is 38.2 Å². The molecule has 0 unspecified atom stereocenters. The van der Waals surface area contributed by atoms with Gasteiger partial charge in [0.25, 0.3) is 5.91 Å². The number of hydrogen-bond acceptors (Lipinski definition) is 4. The average Bonchev–Trinajstić information content (AvgIpc) is 3.41. The first-order valence-electron chi connectivity index (χ1n) is 9.58. The molecule has 152 valence electrons. The van der Waals surface area contributed by atoms with Crippen LogP contribution >= 0.6 is 11.3 Å². The number of alkyl halides is 3. The fraction of sp³-hybridized carbons (Fsp3) is 0.400. The van der Waals surface area contributed by atoms with Gasteiger partial charge in [-0.15, -0.1) is 11.3 Å². The van der Waals surface area contributed by atoms with Gasteiger partial charge in [0.2, 0.25) is 0 Å². The standard InChI is InChI=1S/C20H19F3N4OS/c21-20(22,23)14-5-3-13(4-6-14)16-11-27-17(12-29-19(27)24-16)18(28)26-9-8-25-7-1-2-15(25)10-26/h3-6,11-12,15H,1-2,7-10H2/t15-/m0/s1. The molecule has 2 aliphatic rings. The highest BCUT2D eigenvalue weighted by molar-refractivity contribution is 7.15. The summed E-state index contributed by atoms with van der Waals surface area (Å²) >= 11 is 1.36. The zero-order chi connectivity index (χ0) is 20.2. The van der Waals surface area contributed by atoms with Crippen molar-refractivity contribution in [2.75, 3.05) is 26.2 Å². The molecule has 0 saturated carbocycles. The molecule has 0 bridgehead atoms. The Hall–Kier alpha value is -2.39. The van der Waals surface area contributed by atoms with Crippen molar-refractivity contribution in [1.29, 1.82) is 0 Å². The fourth-order valence-electron chi connectivity index (χ4n) is 4.24. The lowest BCUT2D eigenvalue weighted by Crippen LogP contribution is -2.52. The maximum Gasteiger partial charge on any atom is 0.416 e. The average molecular weight is 420 g/mol. The number of carbonyl (C=O) groups is 1. The molecular formula is C20H19F3N4OS. The second-order valence-corrected chi connectivity index (χ2v) is 8.39. The van der Waals surface area contributed by atoms with Crippen LogP contribution in [0.25, 0.3) is 16.2 Å². The van der Waals surface area contributed by atoms with Crippen LogP contribution in [0.15, 0.2) is 35.8 Å². The third kappa shape index (κ3) is 3.32. The molecule has 5 nitrogen and oxygen atoms in total. The maximum absolute atomic E-state index is 13.1. The van der Waals surface area contributed by atoms with Crippen molar-refractivity contribution in [2.24, 2.45) is 0 Å². The van der Waals surface area contributed by atoms with Crippen LogP contribution in [0.3, 0.4) is 0 Å². The van der Waals surface area contributed by atoms with E-state index < -0.39 is 11.7 Å². The van der Waals surface area contributed by atoms with Gasteiger partial charge in [-0.3, -0.25) is 14.1 Å². The highest BCUT2D eigenvalue weighted by Crippen LogP contribution is 2.31. The van der Waals surface area contributed by atoms with E-state index in [1.54, 1.807) is 10.6 Å². The summed E-state index contributed by atoms with van der Waals surface area (Å²) in [6, 6.07) is 5.38. The predicted molar refractivity (Wildman–Crippen MR) is 104 cm³/mol. The summed E-state index contributed by atoms with van der Waals surface area (Å²) < 4.78 is 40.1. The molecule has 1 amide bonds. The monoisotopic (exact) mass is 420 g/mol. The van der Waals surface area contributed by atoms with E-state index in [1.807, 2.05) is 10.3 Å². The third-order valence-electron chi connectivity index (χ3n) is 5.81. The molecule has 5 rings (SSSR count). The normalized spacial score (nSPS) is 20.4. The van der Waals surface area contributed by atoms with Crippen molar-refractivity contribution in [2.45, 2.75) is 25.1 Å². The highest BCUT2D eigenvalue weighted by atomic mass is 32.1. The quantitative estimate of drug-likeness (QED) is 0.629. The number of rotatable bonds is 2. The Balaban J connectivity index is 1.40. The lowest BCUT2D eigenvalue weighted by Gasteiger charge is -2.37. The summed E-state index contributed by atoms with van der Waals surface area (Å²) in [5.41, 5.74) is 1.01. The summed E-state index contributed by atoms with van der Waals surface area (Å²) in [6.07, 6.45) is -0.317. The lowest BCUT2D eigenvalue weighted by atomic mass is 10.1. The van der Waals surface area contributed by atoms with Gasteiger partial charge >= 0.3 is 6.18 Å². The van der Waals surface area contributed by atoms with Crippen molar-refractivity contribution in [3.63, 3.8) is 0 Å². The smallest absolute Gasteiger partial charge is 0.334 e. The Kier molecular flexibility index (Phi) is 4.40. The number of carbonyl (C=O) groups excluding carboxylic acids is 1. The van der Waals surface area contributed by atoms with E-state index in [2.05, 4.69) is 9.88 Å². The zero-order valence-electron chi connectivity index (χ0n) is 15.5. The van der Waals surface area contributed by atoms with Crippen molar-refractivity contribution in [3.8, 4) is 11.3 Å². The number of imidazole rings is 1. The van der Waals surface area contributed by atoms with E-state index >= 15 is 0 Å². The Bertz CT molecular complexity index is 1060. The molecule has 0 N–H and O–H groups in total. The second kappa shape index (κ2) is 6.84. The molecule has 2 aliphatic heterocycles. The number of thiazole rings is 1. The lowest BCUT2D eigenvalue weighted by molar-refractivity contribution is -0.137. The van der Waals surface area contributed by atoms with Gasteiger partial charge in [0, 0.05) is 42.8 Å². The van der Waals surface area contributed by atoms with E-state index in [-0.39, 0.29) is 5.91 Å². The van der Waals surface area contributed by atoms with Gasteiger partial charge in [0.1, 0.15) is 5.69 Å². The summed E-state index contributed by atoms with van der Waals surface area (Å²) in [5.74, 6) is -0.0147. The van der Waals surface area contributed by atoms with E-state index in [0.29, 0.717) is 34.5 Å². The summed E-state index contributed by atoms with van der Waals surface area (Å²) in [7, 11) is 0. The van der Waals surface area contributed by atoms with Crippen LogP contribution in [0.2, 0.25) is 0 Å². The molecule has 3 aromatic rings. The number of amides is 1. The van der Waals surface area contributed by atoms with E-state index in [4.69, 9.17) is 0 Å². The number of halogens is 3. The Morgan fingerprint density at radius 2 is 1.93 bits per heavy atom. The van der Waals surface area contributed by atoms with Crippen molar-refractivity contribution < 1.29 is 18.0 Å². The van der Waals surface area contributed by atoms with Gasteiger partial charge < -0.3 is 4.90 Å². The molecule has 0 radical (unpaired) electrons. The van der Waals surface area contributed by atoms with Crippen molar-refractivity contribution in [1.82, 2.24) is 19.2 Å². The molecule has 9 heteroatoms. The molecule has 2 fully saturated rings. The maximum atomic E-state index is 13.1. The summed E-state index contributed by atoms with van der Waals surface area (Å²) in [6.45, 7) is 3.49. The van der Waals surface area contributed by atoms with Gasteiger partial charge in [-0.1, -0.05) is 12.1 Å². The Labute approximate surface area is 169 Å².